The van der Waals surface area contributed by atoms with E-state index in [9.17, 15) is 8.42 Å². The van der Waals surface area contributed by atoms with Crippen molar-refractivity contribution in [3.63, 3.8) is 0 Å². The van der Waals surface area contributed by atoms with Crippen molar-refractivity contribution in [3.8, 4) is 0 Å². The second kappa shape index (κ2) is 5.65. The van der Waals surface area contributed by atoms with Crippen molar-refractivity contribution in [1.82, 2.24) is 4.98 Å². The molecule has 1 aliphatic carbocycles. The zero-order valence-electron chi connectivity index (χ0n) is 11.1. The van der Waals surface area contributed by atoms with Crippen LogP contribution >= 0.6 is 15.9 Å². The first-order valence-electron chi connectivity index (χ1n) is 6.54. The number of anilines is 2. The third-order valence-electron chi connectivity index (χ3n) is 3.07. The van der Waals surface area contributed by atoms with Crippen molar-refractivity contribution < 1.29 is 8.42 Å². The van der Waals surface area contributed by atoms with Gasteiger partial charge in [-0.1, -0.05) is 15.9 Å². The molecule has 0 atom stereocenters. The molecule has 1 saturated carbocycles. The Kier molecular flexibility index (Phi) is 3.86. The Morgan fingerprint density at radius 2 is 1.81 bits per heavy atom. The lowest BCUT2D eigenvalue weighted by Gasteiger charge is -2.09. The lowest BCUT2D eigenvalue weighted by atomic mass is 10.4. The molecule has 3 rings (SSSR count). The van der Waals surface area contributed by atoms with E-state index >= 15 is 0 Å². The van der Waals surface area contributed by atoms with E-state index in [4.69, 9.17) is 0 Å². The van der Waals surface area contributed by atoms with Crippen molar-refractivity contribution in [2.75, 3.05) is 10.0 Å². The van der Waals surface area contributed by atoms with Crippen LogP contribution in [0.25, 0.3) is 0 Å². The predicted octanol–water partition coefficient (Wildman–Crippen LogP) is 3.22. The standard InChI is InChI=1S/C14H14BrN3O2S/c15-10-1-6-13(7-2-10)21(19,20)18-14-8-5-12(9-16-14)17-11-3-4-11/h1-2,5-9,11,17H,3-4H2,(H,16,18). The molecule has 110 valence electrons. The van der Waals surface area contributed by atoms with Crippen LogP contribution in [0, 0.1) is 0 Å². The van der Waals surface area contributed by atoms with Gasteiger partial charge in [0.05, 0.1) is 16.8 Å². The number of hydrogen-bond donors (Lipinski definition) is 2. The van der Waals surface area contributed by atoms with E-state index < -0.39 is 10.0 Å². The molecule has 5 nitrogen and oxygen atoms in total. The fourth-order valence-electron chi connectivity index (χ4n) is 1.81. The highest BCUT2D eigenvalue weighted by Crippen LogP contribution is 2.25. The van der Waals surface area contributed by atoms with Gasteiger partial charge in [-0.05, 0) is 49.2 Å². The fraction of sp³-hybridized carbons (Fsp3) is 0.214. The van der Waals surface area contributed by atoms with E-state index in [1.807, 2.05) is 6.07 Å². The molecular formula is C14H14BrN3O2S. The summed E-state index contributed by atoms with van der Waals surface area (Å²) in [6.45, 7) is 0. The molecule has 2 N–H and O–H groups in total. The van der Waals surface area contributed by atoms with Crippen LogP contribution in [-0.4, -0.2) is 19.4 Å². The van der Waals surface area contributed by atoms with Gasteiger partial charge in [0, 0.05) is 10.5 Å². The minimum Gasteiger partial charge on any atom is -0.381 e. The second-order valence-electron chi connectivity index (χ2n) is 4.91. The Bertz CT molecular complexity index is 726. The molecule has 0 bridgehead atoms. The second-order valence-corrected chi connectivity index (χ2v) is 7.51. The van der Waals surface area contributed by atoms with Crippen LogP contribution < -0.4 is 10.0 Å². The average molecular weight is 368 g/mol. The predicted molar refractivity (Wildman–Crippen MR) is 85.8 cm³/mol. The Hall–Kier alpha value is -1.60. The number of nitrogens with zero attached hydrogens (tertiary/aromatic N) is 1. The van der Waals surface area contributed by atoms with Crippen LogP contribution in [0.1, 0.15) is 12.8 Å². The first-order valence-corrected chi connectivity index (χ1v) is 8.81. The summed E-state index contributed by atoms with van der Waals surface area (Å²) >= 11 is 3.28. The molecule has 1 fully saturated rings. The largest absolute Gasteiger partial charge is 0.381 e. The highest BCUT2D eigenvalue weighted by Gasteiger charge is 2.21. The molecule has 0 unspecified atom stereocenters. The molecule has 0 spiro atoms. The zero-order valence-corrected chi connectivity index (χ0v) is 13.5. The van der Waals surface area contributed by atoms with Crippen molar-refractivity contribution in [2.45, 2.75) is 23.8 Å². The number of pyridine rings is 1. The van der Waals surface area contributed by atoms with Crippen LogP contribution in [0.4, 0.5) is 11.5 Å². The summed E-state index contributed by atoms with van der Waals surface area (Å²) in [6, 6.07) is 10.5. The van der Waals surface area contributed by atoms with E-state index in [2.05, 4.69) is 31.0 Å². The molecule has 2 aromatic rings. The lowest BCUT2D eigenvalue weighted by Crippen LogP contribution is -2.14. The summed E-state index contributed by atoms with van der Waals surface area (Å²) < 4.78 is 27.7. The summed E-state index contributed by atoms with van der Waals surface area (Å²) in [5, 5.41) is 3.30. The van der Waals surface area contributed by atoms with E-state index in [0.29, 0.717) is 11.9 Å². The highest BCUT2D eigenvalue weighted by atomic mass is 79.9. The van der Waals surface area contributed by atoms with Gasteiger partial charge in [-0.15, -0.1) is 0 Å². The third kappa shape index (κ3) is 3.74. The van der Waals surface area contributed by atoms with E-state index in [1.54, 1.807) is 24.4 Å². The quantitative estimate of drug-likeness (QED) is 0.850. The number of benzene rings is 1. The van der Waals surface area contributed by atoms with E-state index in [1.165, 1.54) is 25.0 Å². The van der Waals surface area contributed by atoms with Crippen LogP contribution in [0.15, 0.2) is 52.0 Å². The molecule has 1 aromatic heterocycles. The summed E-state index contributed by atoms with van der Waals surface area (Å²) in [7, 11) is -3.61. The molecule has 0 amide bonds. The number of nitrogens with one attached hydrogen (secondary N) is 2. The van der Waals surface area contributed by atoms with Crippen LogP contribution in [0.5, 0.6) is 0 Å². The normalized spacial score (nSPS) is 14.7. The molecule has 1 aromatic carbocycles. The van der Waals surface area contributed by atoms with Gasteiger partial charge in [0.15, 0.2) is 0 Å². The van der Waals surface area contributed by atoms with Gasteiger partial charge in [-0.25, -0.2) is 13.4 Å². The van der Waals surface area contributed by atoms with Gasteiger partial charge < -0.3 is 5.32 Å². The smallest absolute Gasteiger partial charge is 0.263 e. The van der Waals surface area contributed by atoms with Crippen LogP contribution in [-0.2, 0) is 10.0 Å². The van der Waals surface area contributed by atoms with Gasteiger partial charge in [-0.2, -0.15) is 0 Å². The van der Waals surface area contributed by atoms with E-state index in [0.717, 1.165) is 10.2 Å². The highest BCUT2D eigenvalue weighted by molar-refractivity contribution is 9.10. The topological polar surface area (TPSA) is 71.1 Å². The number of rotatable bonds is 5. The average Bonchev–Trinajstić information content (AvgIpc) is 3.25. The Morgan fingerprint density at radius 3 is 2.38 bits per heavy atom. The maximum Gasteiger partial charge on any atom is 0.263 e. The van der Waals surface area contributed by atoms with Crippen molar-refractivity contribution >= 4 is 37.5 Å². The number of halogens is 1. The maximum atomic E-state index is 12.2. The first kappa shape index (κ1) is 14.3. The molecule has 21 heavy (non-hydrogen) atoms. The number of sulfonamides is 1. The lowest BCUT2D eigenvalue weighted by molar-refractivity contribution is 0.601. The molecule has 0 aliphatic heterocycles. The molecule has 1 heterocycles. The Balaban J connectivity index is 1.73. The van der Waals surface area contributed by atoms with Crippen molar-refractivity contribution in [2.24, 2.45) is 0 Å². The van der Waals surface area contributed by atoms with Gasteiger partial charge >= 0.3 is 0 Å². The van der Waals surface area contributed by atoms with Crippen LogP contribution in [0.3, 0.4) is 0 Å². The minimum atomic E-state index is -3.61. The molecule has 1 aliphatic rings. The molecule has 7 heteroatoms. The van der Waals surface area contributed by atoms with Gasteiger partial charge in [-0.3, -0.25) is 4.72 Å². The fourth-order valence-corrected chi connectivity index (χ4v) is 3.09. The third-order valence-corrected chi connectivity index (χ3v) is 4.97. The van der Waals surface area contributed by atoms with Gasteiger partial charge in [0.1, 0.15) is 5.82 Å². The van der Waals surface area contributed by atoms with Gasteiger partial charge in [0.2, 0.25) is 0 Å². The van der Waals surface area contributed by atoms with Crippen molar-refractivity contribution in [3.05, 3.63) is 47.1 Å². The molecular weight excluding hydrogens is 354 g/mol. The monoisotopic (exact) mass is 367 g/mol. The maximum absolute atomic E-state index is 12.2. The van der Waals surface area contributed by atoms with Crippen LogP contribution in [0.2, 0.25) is 0 Å². The minimum absolute atomic E-state index is 0.202. The SMILES string of the molecule is O=S(=O)(Nc1ccc(NC2CC2)cn1)c1ccc(Br)cc1. The van der Waals surface area contributed by atoms with E-state index in [-0.39, 0.29) is 4.90 Å². The summed E-state index contributed by atoms with van der Waals surface area (Å²) in [5.74, 6) is 0.305. The van der Waals surface area contributed by atoms with Crippen molar-refractivity contribution in [1.29, 1.82) is 0 Å². The number of hydrogen-bond acceptors (Lipinski definition) is 4. The molecule has 0 radical (unpaired) electrons. The summed E-state index contributed by atoms with van der Waals surface area (Å²) in [5.41, 5.74) is 0.907. The first-order chi connectivity index (χ1) is 10.0. The Labute approximate surface area is 132 Å². The Morgan fingerprint density at radius 1 is 1.10 bits per heavy atom. The van der Waals surface area contributed by atoms with Gasteiger partial charge in [0.25, 0.3) is 10.0 Å². The number of aromatic nitrogens is 1. The zero-order chi connectivity index (χ0) is 14.9. The molecule has 0 saturated heterocycles. The summed E-state index contributed by atoms with van der Waals surface area (Å²) in [4.78, 5) is 4.33. The summed E-state index contributed by atoms with van der Waals surface area (Å²) in [6.07, 6.45) is 3.99.